The number of halogens is 1. The standard InChI is InChI=1S/C23H16FN5/c24-20-3-1-18(2-4-20)22-21-13-19(17-7-11-26-12-8-17)14-27-23(21)29(28-22)15-16-5-9-25-10-6-16/h1-14H,15H2. The van der Waals surface area contributed by atoms with Crippen molar-refractivity contribution >= 4 is 11.0 Å². The summed E-state index contributed by atoms with van der Waals surface area (Å²) in [4.78, 5) is 12.9. The number of benzene rings is 1. The lowest BCUT2D eigenvalue weighted by Gasteiger charge is -2.04. The van der Waals surface area contributed by atoms with Gasteiger partial charge < -0.3 is 0 Å². The summed E-state index contributed by atoms with van der Waals surface area (Å²) >= 11 is 0. The first-order valence-corrected chi connectivity index (χ1v) is 9.20. The van der Waals surface area contributed by atoms with Gasteiger partial charge in [0.05, 0.1) is 6.54 Å². The fourth-order valence-corrected chi connectivity index (χ4v) is 3.35. The van der Waals surface area contributed by atoms with Crippen molar-refractivity contribution in [2.75, 3.05) is 0 Å². The molecule has 4 aromatic heterocycles. The number of aromatic nitrogens is 5. The zero-order chi connectivity index (χ0) is 19.6. The first kappa shape index (κ1) is 17.2. The molecule has 6 heteroatoms. The van der Waals surface area contributed by atoms with Crippen LogP contribution in [0.1, 0.15) is 5.56 Å². The lowest BCUT2D eigenvalue weighted by atomic mass is 10.0. The monoisotopic (exact) mass is 381 g/mol. The molecule has 5 rings (SSSR count). The largest absolute Gasteiger partial charge is 0.265 e. The van der Waals surface area contributed by atoms with Crippen molar-refractivity contribution in [2.45, 2.75) is 6.54 Å². The highest BCUT2D eigenvalue weighted by Crippen LogP contribution is 2.31. The lowest BCUT2D eigenvalue weighted by Crippen LogP contribution is -2.02. The number of nitrogens with zero attached hydrogens (tertiary/aromatic N) is 5. The first-order chi connectivity index (χ1) is 14.3. The summed E-state index contributed by atoms with van der Waals surface area (Å²) in [5.41, 5.74) is 5.48. The number of hydrogen-bond donors (Lipinski definition) is 0. The maximum Gasteiger partial charge on any atom is 0.158 e. The fourth-order valence-electron chi connectivity index (χ4n) is 3.35. The van der Waals surface area contributed by atoms with E-state index in [1.165, 1.54) is 12.1 Å². The molecule has 0 amide bonds. The van der Waals surface area contributed by atoms with E-state index in [2.05, 4.69) is 16.0 Å². The van der Waals surface area contributed by atoms with Gasteiger partial charge in [-0.25, -0.2) is 14.1 Å². The Bertz CT molecular complexity index is 1270. The van der Waals surface area contributed by atoms with Crippen LogP contribution in [0.2, 0.25) is 0 Å². The molecule has 0 fully saturated rings. The predicted molar refractivity (Wildman–Crippen MR) is 109 cm³/mol. The fraction of sp³-hybridized carbons (Fsp3) is 0.0435. The molecule has 0 bridgehead atoms. The highest BCUT2D eigenvalue weighted by Gasteiger charge is 2.15. The van der Waals surface area contributed by atoms with Gasteiger partial charge in [0.1, 0.15) is 11.5 Å². The molecule has 0 N–H and O–H groups in total. The van der Waals surface area contributed by atoms with Crippen molar-refractivity contribution < 1.29 is 4.39 Å². The normalized spacial score (nSPS) is 11.1. The zero-order valence-electron chi connectivity index (χ0n) is 15.4. The minimum absolute atomic E-state index is 0.273. The molecule has 0 atom stereocenters. The molecule has 4 heterocycles. The molecular formula is C23H16FN5. The summed E-state index contributed by atoms with van der Waals surface area (Å²) in [7, 11) is 0. The number of rotatable bonds is 4. The van der Waals surface area contributed by atoms with E-state index in [-0.39, 0.29) is 5.82 Å². The van der Waals surface area contributed by atoms with Gasteiger partial charge in [-0.2, -0.15) is 5.10 Å². The molecular weight excluding hydrogens is 365 g/mol. The van der Waals surface area contributed by atoms with E-state index in [9.17, 15) is 4.39 Å². The van der Waals surface area contributed by atoms with Crippen molar-refractivity contribution in [3.05, 3.63) is 97.0 Å². The van der Waals surface area contributed by atoms with E-state index >= 15 is 0 Å². The van der Waals surface area contributed by atoms with Gasteiger partial charge in [0.2, 0.25) is 0 Å². The van der Waals surface area contributed by atoms with Crippen molar-refractivity contribution in [1.29, 1.82) is 0 Å². The summed E-state index contributed by atoms with van der Waals surface area (Å²) in [6.45, 7) is 0.571. The van der Waals surface area contributed by atoms with Gasteiger partial charge in [-0.05, 0) is 65.7 Å². The van der Waals surface area contributed by atoms with Crippen LogP contribution in [0, 0.1) is 5.82 Å². The van der Waals surface area contributed by atoms with Gasteiger partial charge in [-0.15, -0.1) is 0 Å². The number of hydrogen-bond acceptors (Lipinski definition) is 4. The van der Waals surface area contributed by atoms with E-state index in [4.69, 9.17) is 10.1 Å². The van der Waals surface area contributed by atoms with Crippen molar-refractivity contribution in [1.82, 2.24) is 24.7 Å². The second-order valence-corrected chi connectivity index (χ2v) is 6.70. The molecule has 5 nitrogen and oxygen atoms in total. The molecule has 0 aliphatic carbocycles. The van der Waals surface area contributed by atoms with Crippen LogP contribution in [0.4, 0.5) is 4.39 Å². The van der Waals surface area contributed by atoms with Crippen LogP contribution in [0.5, 0.6) is 0 Å². The van der Waals surface area contributed by atoms with Gasteiger partial charge >= 0.3 is 0 Å². The number of fused-ring (bicyclic) bond motifs is 1. The quantitative estimate of drug-likeness (QED) is 0.451. The summed E-state index contributed by atoms with van der Waals surface area (Å²) < 4.78 is 15.3. The minimum Gasteiger partial charge on any atom is -0.265 e. The Morgan fingerprint density at radius 2 is 1.45 bits per heavy atom. The zero-order valence-corrected chi connectivity index (χ0v) is 15.4. The Kier molecular flexibility index (Phi) is 4.29. The Labute approximate surface area is 166 Å². The van der Waals surface area contributed by atoms with E-state index in [0.29, 0.717) is 6.54 Å². The van der Waals surface area contributed by atoms with Crippen LogP contribution in [-0.4, -0.2) is 24.7 Å². The van der Waals surface area contributed by atoms with Gasteiger partial charge in [-0.3, -0.25) is 9.97 Å². The van der Waals surface area contributed by atoms with Crippen LogP contribution >= 0.6 is 0 Å². The molecule has 1 aromatic carbocycles. The Morgan fingerprint density at radius 1 is 0.759 bits per heavy atom. The summed E-state index contributed by atoms with van der Waals surface area (Å²) in [5.74, 6) is -0.273. The van der Waals surface area contributed by atoms with Crippen LogP contribution in [0.25, 0.3) is 33.4 Å². The minimum atomic E-state index is -0.273. The van der Waals surface area contributed by atoms with Gasteiger partial charge in [0.15, 0.2) is 5.65 Å². The number of pyridine rings is 3. The van der Waals surface area contributed by atoms with Crippen LogP contribution in [-0.2, 0) is 6.54 Å². The molecule has 0 saturated carbocycles. The average Bonchev–Trinajstić information content (AvgIpc) is 3.13. The van der Waals surface area contributed by atoms with Crippen molar-refractivity contribution in [3.8, 4) is 22.4 Å². The molecule has 29 heavy (non-hydrogen) atoms. The summed E-state index contributed by atoms with van der Waals surface area (Å²) in [6, 6.07) is 16.3. The molecule has 140 valence electrons. The Balaban J connectivity index is 1.69. The molecule has 0 aliphatic rings. The highest BCUT2D eigenvalue weighted by atomic mass is 19.1. The Morgan fingerprint density at radius 3 is 2.17 bits per heavy atom. The third-order valence-corrected chi connectivity index (χ3v) is 4.80. The van der Waals surface area contributed by atoms with E-state index < -0.39 is 0 Å². The van der Waals surface area contributed by atoms with Crippen LogP contribution in [0.15, 0.2) is 85.6 Å². The second kappa shape index (κ2) is 7.24. The first-order valence-electron chi connectivity index (χ1n) is 9.20. The molecule has 0 aliphatic heterocycles. The topological polar surface area (TPSA) is 56.5 Å². The molecule has 0 saturated heterocycles. The average molecular weight is 381 g/mol. The van der Waals surface area contributed by atoms with Crippen LogP contribution < -0.4 is 0 Å². The molecule has 0 spiro atoms. The Hall–Kier alpha value is -3.93. The maximum atomic E-state index is 13.4. The third-order valence-electron chi connectivity index (χ3n) is 4.80. The van der Waals surface area contributed by atoms with Crippen molar-refractivity contribution in [3.63, 3.8) is 0 Å². The molecule has 0 unspecified atom stereocenters. The summed E-state index contributed by atoms with van der Waals surface area (Å²) in [5, 5.41) is 5.73. The third kappa shape index (κ3) is 3.36. The maximum absolute atomic E-state index is 13.4. The smallest absolute Gasteiger partial charge is 0.158 e. The summed E-state index contributed by atoms with van der Waals surface area (Å²) in [6.07, 6.45) is 8.88. The van der Waals surface area contributed by atoms with E-state index in [1.807, 2.05) is 35.1 Å². The van der Waals surface area contributed by atoms with E-state index in [0.717, 1.165) is 39.0 Å². The van der Waals surface area contributed by atoms with Crippen LogP contribution in [0.3, 0.4) is 0 Å². The molecule has 0 radical (unpaired) electrons. The predicted octanol–water partition coefficient (Wildman–Crippen LogP) is 4.74. The van der Waals surface area contributed by atoms with Gasteiger partial charge in [0.25, 0.3) is 0 Å². The highest BCUT2D eigenvalue weighted by molar-refractivity contribution is 5.93. The SMILES string of the molecule is Fc1ccc(-c2nn(Cc3ccncc3)c3ncc(-c4ccncc4)cc23)cc1. The van der Waals surface area contributed by atoms with Gasteiger partial charge in [-0.1, -0.05) is 0 Å². The lowest BCUT2D eigenvalue weighted by molar-refractivity contribution is 0.628. The van der Waals surface area contributed by atoms with E-state index in [1.54, 1.807) is 36.9 Å². The van der Waals surface area contributed by atoms with Gasteiger partial charge in [0, 0.05) is 47.5 Å². The van der Waals surface area contributed by atoms with Crippen molar-refractivity contribution in [2.24, 2.45) is 0 Å². The second-order valence-electron chi connectivity index (χ2n) is 6.70. The molecule has 5 aromatic rings.